The summed E-state index contributed by atoms with van der Waals surface area (Å²) in [5, 5.41) is 0. The van der Waals surface area contributed by atoms with Gasteiger partial charge in [-0.2, -0.15) is 4.31 Å². The molecule has 0 spiro atoms. The van der Waals surface area contributed by atoms with Crippen LogP contribution in [0.2, 0.25) is 0 Å². The minimum atomic E-state index is -3.67. The maximum atomic E-state index is 13.6. The molecule has 6 nitrogen and oxygen atoms in total. The molecule has 1 saturated carbocycles. The van der Waals surface area contributed by atoms with Crippen LogP contribution in [0.15, 0.2) is 29.2 Å². The van der Waals surface area contributed by atoms with Gasteiger partial charge in [0.1, 0.15) is 5.69 Å². The first-order chi connectivity index (χ1) is 14.3. The lowest BCUT2D eigenvalue weighted by molar-refractivity contribution is 0.0519. The Hall–Kier alpha value is -2.12. The summed E-state index contributed by atoms with van der Waals surface area (Å²) in [5.41, 5.74) is 3.83. The van der Waals surface area contributed by atoms with E-state index in [1.165, 1.54) is 0 Å². The smallest absolute Gasteiger partial charge is 0.355 e. The van der Waals surface area contributed by atoms with Gasteiger partial charge < -0.3 is 9.72 Å². The number of hydrogen-bond acceptors (Lipinski definition) is 4. The average molecular weight is 433 g/mol. The minimum Gasteiger partial charge on any atom is -0.461 e. The van der Waals surface area contributed by atoms with Gasteiger partial charge in [0, 0.05) is 18.3 Å². The van der Waals surface area contributed by atoms with Crippen LogP contribution in [0.1, 0.15) is 71.9 Å². The second-order valence-corrected chi connectivity index (χ2v) is 9.99. The van der Waals surface area contributed by atoms with E-state index in [2.05, 4.69) is 4.98 Å². The van der Waals surface area contributed by atoms with E-state index in [4.69, 9.17) is 4.74 Å². The number of aromatic nitrogens is 1. The van der Waals surface area contributed by atoms with Gasteiger partial charge >= 0.3 is 5.97 Å². The van der Waals surface area contributed by atoms with Gasteiger partial charge in [-0.3, -0.25) is 0 Å². The Kier molecular flexibility index (Phi) is 7.03. The number of rotatable bonds is 7. The lowest BCUT2D eigenvalue weighted by Crippen LogP contribution is -2.41. The van der Waals surface area contributed by atoms with E-state index in [1.54, 1.807) is 23.4 Å². The first-order valence-corrected chi connectivity index (χ1v) is 12.1. The molecule has 7 heteroatoms. The highest BCUT2D eigenvalue weighted by atomic mass is 32.2. The molecule has 3 rings (SSSR count). The van der Waals surface area contributed by atoms with Crippen molar-refractivity contribution in [2.24, 2.45) is 0 Å². The number of aromatic amines is 1. The van der Waals surface area contributed by atoms with Gasteiger partial charge in [-0.05, 0) is 63.8 Å². The Morgan fingerprint density at radius 1 is 1.10 bits per heavy atom. The zero-order valence-corrected chi connectivity index (χ0v) is 19.1. The fourth-order valence-corrected chi connectivity index (χ4v) is 5.87. The number of carbonyl (C=O) groups excluding carboxylic acids is 1. The zero-order chi connectivity index (χ0) is 21.9. The lowest BCUT2D eigenvalue weighted by Gasteiger charge is -2.33. The van der Waals surface area contributed by atoms with E-state index < -0.39 is 16.0 Å². The molecule has 1 heterocycles. The van der Waals surface area contributed by atoms with Crippen LogP contribution in [0.3, 0.4) is 0 Å². The molecule has 0 radical (unpaired) electrons. The van der Waals surface area contributed by atoms with Crippen LogP contribution in [0.25, 0.3) is 0 Å². The lowest BCUT2D eigenvalue weighted by atomic mass is 9.95. The summed E-state index contributed by atoms with van der Waals surface area (Å²) in [5.74, 6) is -0.407. The third kappa shape index (κ3) is 4.62. The summed E-state index contributed by atoms with van der Waals surface area (Å²) in [6.45, 7) is 7.98. The molecule has 1 aliphatic carbocycles. The maximum absolute atomic E-state index is 13.6. The van der Waals surface area contributed by atoms with Crippen LogP contribution >= 0.6 is 0 Å². The molecule has 0 aliphatic heterocycles. The number of aryl methyl sites for hydroxylation is 2. The van der Waals surface area contributed by atoms with Crippen LogP contribution in [0, 0.1) is 20.8 Å². The standard InChI is InChI=1S/C23H32N2O4S/c1-5-29-23(26)22-17(3)21(18(4)24-22)15-25(19-9-7-6-8-10-19)30(27,28)20-13-11-16(2)12-14-20/h11-14,19,24H,5-10,15H2,1-4H3. The van der Waals surface area contributed by atoms with E-state index in [0.29, 0.717) is 17.2 Å². The van der Waals surface area contributed by atoms with E-state index in [9.17, 15) is 13.2 Å². The Morgan fingerprint density at radius 2 is 1.73 bits per heavy atom. The van der Waals surface area contributed by atoms with Crippen molar-refractivity contribution in [2.45, 2.75) is 77.3 Å². The molecule has 1 aromatic heterocycles. The predicted octanol–water partition coefficient (Wildman–Crippen LogP) is 4.64. The van der Waals surface area contributed by atoms with E-state index >= 15 is 0 Å². The fourth-order valence-electron chi connectivity index (χ4n) is 4.21. The molecule has 164 valence electrons. The van der Waals surface area contributed by atoms with Crippen molar-refractivity contribution in [1.82, 2.24) is 9.29 Å². The number of nitrogens with one attached hydrogen (secondary N) is 1. The topological polar surface area (TPSA) is 79.5 Å². The first kappa shape index (κ1) is 22.6. The van der Waals surface area contributed by atoms with E-state index in [1.807, 2.05) is 32.9 Å². The molecule has 1 aliphatic rings. The van der Waals surface area contributed by atoms with Crippen molar-refractivity contribution in [1.29, 1.82) is 0 Å². The minimum absolute atomic E-state index is 0.0372. The van der Waals surface area contributed by atoms with Crippen LogP contribution in [0.5, 0.6) is 0 Å². The van der Waals surface area contributed by atoms with Crippen molar-refractivity contribution in [2.75, 3.05) is 6.61 Å². The normalized spacial score (nSPS) is 15.5. The number of carbonyl (C=O) groups is 1. The van der Waals surface area contributed by atoms with Gasteiger partial charge in [0.2, 0.25) is 10.0 Å². The number of H-pyrrole nitrogens is 1. The van der Waals surface area contributed by atoms with Crippen molar-refractivity contribution >= 4 is 16.0 Å². The molecule has 0 atom stereocenters. The quantitative estimate of drug-likeness (QED) is 0.647. The second kappa shape index (κ2) is 9.35. The molecular formula is C23H32N2O4S. The molecule has 0 unspecified atom stereocenters. The Labute approximate surface area is 179 Å². The average Bonchev–Trinajstić information content (AvgIpc) is 3.01. The van der Waals surface area contributed by atoms with Crippen molar-refractivity contribution in [3.05, 3.63) is 52.3 Å². The van der Waals surface area contributed by atoms with Gasteiger partial charge in [-0.25, -0.2) is 13.2 Å². The van der Waals surface area contributed by atoms with Gasteiger partial charge in [-0.15, -0.1) is 0 Å². The van der Waals surface area contributed by atoms with Crippen LogP contribution < -0.4 is 0 Å². The highest BCUT2D eigenvalue weighted by molar-refractivity contribution is 7.89. The molecule has 0 bridgehead atoms. The zero-order valence-electron chi connectivity index (χ0n) is 18.3. The van der Waals surface area contributed by atoms with Crippen molar-refractivity contribution in [3.8, 4) is 0 Å². The number of benzene rings is 1. The van der Waals surface area contributed by atoms with Crippen LogP contribution in [-0.4, -0.2) is 36.3 Å². The summed E-state index contributed by atoms with van der Waals surface area (Å²) in [7, 11) is -3.67. The molecule has 0 amide bonds. The summed E-state index contributed by atoms with van der Waals surface area (Å²) >= 11 is 0. The Balaban J connectivity index is 2.00. The molecule has 2 aromatic rings. The van der Waals surface area contributed by atoms with Gasteiger partial charge in [0.25, 0.3) is 0 Å². The largest absolute Gasteiger partial charge is 0.461 e. The van der Waals surface area contributed by atoms with Crippen LogP contribution in [-0.2, 0) is 21.3 Å². The second-order valence-electron chi connectivity index (χ2n) is 8.10. The SMILES string of the molecule is CCOC(=O)c1[nH]c(C)c(CN(C2CCCCC2)S(=O)(=O)c2ccc(C)cc2)c1C. The Bertz CT molecular complexity index is 987. The summed E-state index contributed by atoms with van der Waals surface area (Å²) in [6.07, 6.45) is 4.92. The van der Waals surface area contributed by atoms with E-state index in [0.717, 1.165) is 54.5 Å². The van der Waals surface area contributed by atoms with Crippen molar-refractivity contribution in [3.63, 3.8) is 0 Å². The Morgan fingerprint density at radius 3 is 2.33 bits per heavy atom. The third-order valence-corrected chi connectivity index (χ3v) is 7.91. The number of nitrogens with zero attached hydrogens (tertiary/aromatic N) is 1. The van der Waals surface area contributed by atoms with Crippen LogP contribution in [0.4, 0.5) is 0 Å². The highest BCUT2D eigenvalue weighted by Gasteiger charge is 2.34. The van der Waals surface area contributed by atoms with E-state index in [-0.39, 0.29) is 12.6 Å². The number of esters is 1. The first-order valence-electron chi connectivity index (χ1n) is 10.7. The van der Waals surface area contributed by atoms with Gasteiger partial charge in [-0.1, -0.05) is 37.0 Å². The summed E-state index contributed by atoms with van der Waals surface area (Å²) < 4.78 is 34.1. The van der Waals surface area contributed by atoms with Gasteiger partial charge in [0.15, 0.2) is 0 Å². The highest BCUT2D eigenvalue weighted by Crippen LogP contribution is 2.31. The molecule has 1 N–H and O–H groups in total. The fraction of sp³-hybridized carbons (Fsp3) is 0.522. The molecule has 30 heavy (non-hydrogen) atoms. The van der Waals surface area contributed by atoms with Gasteiger partial charge in [0.05, 0.1) is 11.5 Å². The number of sulfonamides is 1. The molecular weight excluding hydrogens is 400 g/mol. The summed E-state index contributed by atoms with van der Waals surface area (Å²) in [6, 6.07) is 6.99. The van der Waals surface area contributed by atoms with Crippen molar-refractivity contribution < 1.29 is 17.9 Å². The summed E-state index contributed by atoms with van der Waals surface area (Å²) in [4.78, 5) is 15.7. The molecule has 1 fully saturated rings. The molecule has 1 aromatic carbocycles. The third-order valence-electron chi connectivity index (χ3n) is 6.00. The monoisotopic (exact) mass is 432 g/mol. The predicted molar refractivity (Wildman–Crippen MR) is 117 cm³/mol. The number of ether oxygens (including phenoxy) is 1. The number of hydrogen-bond donors (Lipinski definition) is 1. The maximum Gasteiger partial charge on any atom is 0.355 e. The molecule has 0 saturated heterocycles.